The molecule has 0 unspecified atom stereocenters. The second-order valence-corrected chi connectivity index (χ2v) is 7.06. The maximum Gasteiger partial charge on any atom is 0.327 e. The van der Waals surface area contributed by atoms with Crippen LogP contribution in [0.3, 0.4) is 0 Å². The molecule has 4 N–H and O–H groups in total. The normalized spacial score (nSPS) is 12.7. The Morgan fingerprint density at radius 2 is 1.33 bits per heavy atom. The number of aromatic hydroxyl groups is 1. The van der Waals surface area contributed by atoms with Crippen molar-refractivity contribution >= 4 is 17.6 Å². The van der Waals surface area contributed by atoms with Crippen LogP contribution >= 0.6 is 0 Å². The first kappa shape index (κ1) is 21.1. The first-order valence-electron chi connectivity index (χ1n) is 9.64. The molecule has 1 amide bonds. The fourth-order valence-corrected chi connectivity index (χ4v) is 3.33. The maximum absolute atomic E-state index is 13.3. The Bertz CT molecular complexity index is 975. The molecule has 6 heteroatoms. The molecule has 30 heavy (non-hydrogen) atoms. The number of hydrogen-bond acceptors (Lipinski definition) is 4. The molecule has 0 aliphatic heterocycles. The number of phenolic OH excluding ortho intramolecular Hbond substituents is 1. The van der Waals surface area contributed by atoms with Gasteiger partial charge in [-0.2, -0.15) is 0 Å². The summed E-state index contributed by atoms with van der Waals surface area (Å²) in [6.45, 7) is 0. The number of carboxylic acid groups (broad SMARTS) is 1. The predicted octanol–water partition coefficient (Wildman–Crippen LogP) is 2.99. The van der Waals surface area contributed by atoms with Gasteiger partial charge in [-0.3, -0.25) is 9.69 Å². The van der Waals surface area contributed by atoms with Gasteiger partial charge in [0.1, 0.15) is 11.8 Å². The van der Waals surface area contributed by atoms with E-state index in [1.54, 1.807) is 42.5 Å². The van der Waals surface area contributed by atoms with Crippen molar-refractivity contribution in [2.45, 2.75) is 24.9 Å². The van der Waals surface area contributed by atoms with Gasteiger partial charge in [-0.25, -0.2) is 4.79 Å². The summed E-state index contributed by atoms with van der Waals surface area (Å²) < 4.78 is 0. The molecule has 2 atom stereocenters. The van der Waals surface area contributed by atoms with Crippen LogP contribution in [0.1, 0.15) is 11.1 Å². The number of hydrogen-bond donors (Lipinski definition) is 3. The van der Waals surface area contributed by atoms with Crippen LogP contribution in [-0.2, 0) is 22.4 Å². The molecule has 3 aromatic rings. The van der Waals surface area contributed by atoms with E-state index in [1.807, 2.05) is 30.3 Å². The lowest BCUT2D eigenvalue weighted by Crippen LogP contribution is -2.53. The van der Waals surface area contributed by atoms with Crippen molar-refractivity contribution in [1.29, 1.82) is 0 Å². The standard InChI is InChI=1S/C24H24N2O4/c25-21(15-18-11-13-20(27)14-12-18)23(28)26(19-9-5-2-6-10-19)22(24(29)30)16-17-7-3-1-4-8-17/h1-14,21-22,27H,15-16,25H2,(H,29,30)/t21-,22-/m0/s1. The third-order valence-electron chi connectivity index (χ3n) is 4.85. The number of nitrogens with zero attached hydrogens (tertiary/aromatic N) is 1. The second-order valence-electron chi connectivity index (χ2n) is 7.06. The number of benzene rings is 3. The van der Waals surface area contributed by atoms with Crippen LogP contribution in [0.15, 0.2) is 84.9 Å². The SMILES string of the molecule is N[C@@H](Cc1ccc(O)cc1)C(=O)N(c1ccccc1)[C@@H](Cc1ccccc1)C(=O)O. The topological polar surface area (TPSA) is 104 Å². The van der Waals surface area contributed by atoms with Crippen LogP contribution in [-0.4, -0.2) is 34.2 Å². The third-order valence-corrected chi connectivity index (χ3v) is 4.85. The first-order chi connectivity index (χ1) is 14.5. The summed E-state index contributed by atoms with van der Waals surface area (Å²) >= 11 is 0. The van der Waals surface area contributed by atoms with Crippen LogP contribution < -0.4 is 10.6 Å². The zero-order valence-corrected chi connectivity index (χ0v) is 16.4. The molecule has 3 rings (SSSR count). The monoisotopic (exact) mass is 404 g/mol. The molecule has 0 radical (unpaired) electrons. The van der Waals surface area contributed by atoms with E-state index < -0.39 is 24.0 Å². The highest BCUT2D eigenvalue weighted by atomic mass is 16.4. The van der Waals surface area contributed by atoms with Crippen LogP contribution in [0.5, 0.6) is 5.75 Å². The molecular formula is C24H24N2O4. The molecule has 0 heterocycles. The number of carbonyl (C=O) groups excluding carboxylic acids is 1. The van der Waals surface area contributed by atoms with Crippen LogP contribution in [0.25, 0.3) is 0 Å². The number of para-hydroxylation sites is 1. The molecule has 0 saturated carbocycles. The van der Waals surface area contributed by atoms with Crippen molar-refractivity contribution in [2.24, 2.45) is 5.73 Å². The lowest BCUT2D eigenvalue weighted by molar-refractivity contribution is -0.140. The van der Waals surface area contributed by atoms with Crippen molar-refractivity contribution in [1.82, 2.24) is 0 Å². The van der Waals surface area contributed by atoms with Gasteiger partial charge in [0.25, 0.3) is 0 Å². The highest BCUT2D eigenvalue weighted by molar-refractivity contribution is 6.02. The van der Waals surface area contributed by atoms with E-state index in [4.69, 9.17) is 5.73 Å². The zero-order valence-electron chi connectivity index (χ0n) is 16.4. The summed E-state index contributed by atoms with van der Waals surface area (Å²) in [4.78, 5) is 26.8. The minimum Gasteiger partial charge on any atom is -0.508 e. The van der Waals surface area contributed by atoms with Gasteiger partial charge in [0.2, 0.25) is 5.91 Å². The Labute approximate surface area is 175 Å². The highest BCUT2D eigenvalue weighted by Gasteiger charge is 2.34. The van der Waals surface area contributed by atoms with Gasteiger partial charge in [0, 0.05) is 12.1 Å². The second kappa shape index (κ2) is 9.71. The molecule has 3 aromatic carbocycles. The number of aliphatic carboxylic acids is 1. The maximum atomic E-state index is 13.3. The Morgan fingerprint density at radius 3 is 1.90 bits per heavy atom. The Balaban J connectivity index is 1.91. The summed E-state index contributed by atoms with van der Waals surface area (Å²) in [6, 6.07) is 22.3. The predicted molar refractivity (Wildman–Crippen MR) is 115 cm³/mol. The molecule has 154 valence electrons. The van der Waals surface area contributed by atoms with Crippen molar-refractivity contribution in [2.75, 3.05) is 4.90 Å². The third kappa shape index (κ3) is 5.24. The van der Waals surface area contributed by atoms with Gasteiger partial charge >= 0.3 is 5.97 Å². The van der Waals surface area contributed by atoms with Crippen LogP contribution in [0, 0.1) is 0 Å². The number of nitrogens with two attached hydrogens (primary N) is 1. The molecule has 0 aliphatic carbocycles. The smallest absolute Gasteiger partial charge is 0.327 e. The Hall–Kier alpha value is -3.64. The van der Waals surface area contributed by atoms with Crippen molar-refractivity contribution < 1.29 is 19.8 Å². The summed E-state index contributed by atoms with van der Waals surface area (Å²) in [5.74, 6) is -1.45. The number of anilines is 1. The van der Waals surface area contributed by atoms with Crippen molar-refractivity contribution in [3.05, 3.63) is 96.1 Å². The van der Waals surface area contributed by atoms with E-state index in [0.717, 1.165) is 11.1 Å². The van der Waals surface area contributed by atoms with Crippen LogP contribution in [0.4, 0.5) is 5.69 Å². The molecule has 0 saturated heterocycles. The number of carboxylic acids is 1. The van der Waals surface area contributed by atoms with E-state index in [1.165, 1.54) is 17.0 Å². The van der Waals surface area contributed by atoms with Gasteiger partial charge in [0.15, 0.2) is 0 Å². The van der Waals surface area contributed by atoms with Gasteiger partial charge in [0.05, 0.1) is 6.04 Å². The molecule has 0 spiro atoms. The molecule has 0 aromatic heterocycles. The van der Waals surface area contributed by atoms with Crippen LogP contribution in [0.2, 0.25) is 0 Å². The van der Waals surface area contributed by atoms with E-state index in [0.29, 0.717) is 5.69 Å². The number of amides is 1. The van der Waals surface area contributed by atoms with Crippen molar-refractivity contribution in [3.63, 3.8) is 0 Å². The molecule has 0 aliphatic rings. The molecule has 6 nitrogen and oxygen atoms in total. The lowest BCUT2D eigenvalue weighted by Gasteiger charge is -2.31. The highest BCUT2D eigenvalue weighted by Crippen LogP contribution is 2.22. The van der Waals surface area contributed by atoms with E-state index >= 15 is 0 Å². The minimum absolute atomic E-state index is 0.123. The molecule has 0 fully saturated rings. The zero-order chi connectivity index (χ0) is 21.5. The summed E-state index contributed by atoms with van der Waals surface area (Å²) in [5.41, 5.74) is 8.27. The fourth-order valence-electron chi connectivity index (χ4n) is 3.33. The average molecular weight is 404 g/mol. The van der Waals surface area contributed by atoms with Crippen molar-refractivity contribution in [3.8, 4) is 5.75 Å². The minimum atomic E-state index is -1.10. The van der Waals surface area contributed by atoms with E-state index in [9.17, 15) is 19.8 Å². The number of carbonyl (C=O) groups is 2. The first-order valence-corrected chi connectivity index (χ1v) is 9.64. The molecule has 0 bridgehead atoms. The quantitative estimate of drug-likeness (QED) is 0.535. The van der Waals surface area contributed by atoms with Gasteiger partial charge < -0.3 is 15.9 Å². The summed E-state index contributed by atoms with van der Waals surface area (Å²) in [6.07, 6.45) is 0.378. The fraction of sp³-hybridized carbons (Fsp3) is 0.167. The largest absolute Gasteiger partial charge is 0.508 e. The Kier molecular flexibility index (Phi) is 6.83. The van der Waals surface area contributed by atoms with Gasteiger partial charge in [-0.1, -0.05) is 60.7 Å². The Morgan fingerprint density at radius 1 is 0.800 bits per heavy atom. The van der Waals surface area contributed by atoms with Gasteiger partial charge in [-0.05, 0) is 41.8 Å². The lowest BCUT2D eigenvalue weighted by atomic mass is 10.0. The number of rotatable bonds is 8. The summed E-state index contributed by atoms with van der Waals surface area (Å²) in [7, 11) is 0. The van der Waals surface area contributed by atoms with Gasteiger partial charge in [-0.15, -0.1) is 0 Å². The van der Waals surface area contributed by atoms with E-state index in [2.05, 4.69) is 0 Å². The number of phenols is 1. The summed E-state index contributed by atoms with van der Waals surface area (Å²) in [5, 5.41) is 19.4. The van der Waals surface area contributed by atoms with E-state index in [-0.39, 0.29) is 18.6 Å². The molecular weight excluding hydrogens is 380 g/mol. The average Bonchev–Trinajstić information content (AvgIpc) is 2.76.